The molecule has 0 bridgehead atoms. The summed E-state index contributed by atoms with van der Waals surface area (Å²) in [4.78, 5) is 15.1. The van der Waals surface area contributed by atoms with Gasteiger partial charge in [-0.1, -0.05) is 25.1 Å². The Morgan fingerprint density at radius 2 is 1.69 bits per heavy atom. The molecule has 0 aliphatic carbocycles. The highest BCUT2D eigenvalue weighted by atomic mass is 16.1. The molecule has 4 rings (SSSR count). The van der Waals surface area contributed by atoms with Crippen LogP contribution in [0.1, 0.15) is 50.2 Å². The highest BCUT2D eigenvalue weighted by Gasteiger charge is 2.30. The molecule has 6 nitrogen and oxygen atoms in total. The van der Waals surface area contributed by atoms with Crippen LogP contribution in [0.5, 0.6) is 0 Å². The Labute approximate surface area is 191 Å². The van der Waals surface area contributed by atoms with E-state index < -0.39 is 0 Å². The SMILES string of the molecule is CCC(C)NC(=O)C1CCN(c2c(-n3c(C)ccc3C)c(C)nn2-c2ccccc2)CC1. The van der Waals surface area contributed by atoms with Crippen LogP contribution in [0.15, 0.2) is 42.5 Å². The van der Waals surface area contributed by atoms with Gasteiger partial charge in [0.25, 0.3) is 0 Å². The number of carbonyl (C=O) groups excluding carboxylic acids is 1. The molecule has 2 aromatic heterocycles. The Bertz CT molecular complexity index is 1050. The van der Waals surface area contributed by atoms with Gasteiger partial charge in [0.15, 0.2) is 5.82 Å². The zero-order valence-electron chi connectivity index (χ0n) is 19.9. The first-order chi connectivity index (χ1) is 15.4. The molecular formula is C26H35N5O. The van der Waals surface area contributed by atoms with Gasteiger partial charge in [-0.15, -0.1) is 0 Å². The van der Waals surface area contributed by atoms with E-state index in [-0.39, 0.29) is 17.9 Å². The van der Waals surface area contributed by atoms with Crippen molar-refractivity contribution < 1.29 is 4.79 Å². The molecule has 6 heteroatoms. The lowest BCUT2D eigenvalue weighted by Gasteiger charge is -2.34. The van der Waals surface area contributed by atoms with Gasteiger partial charge < -0.3 is 14.8 Å². The number of anilines is 1. The van der Waals surface area contributed by atoms with Crippen molar-refractivity contribution in [1.29, 1.82) is 0 Å². The molecule has 1 N–H and O–H groups in total. The number of hydrogen-bond acceptors (Lipinski definition) is 3. The minimum absolute atomic E-state index is 0.0768. The number of aryl methyl sites for hydroxylation is 3. The number of para-hydroxylation sites is 1. The van der Waals surface area contributed by atoms with Crippen LogP contribution in [0.25, 0.3) is 11.4 Å². The monoisotopic (exact) mass is 433 g/mol. The van der Waals surface area contributed by atoms with Crippen LogP contribution in [-0.4, -0.2) is 39.4 Å². The maximum Gasteiger partial charge on any atom is 0.223 e. The Balaban J connectivity index is 1.70. The summed E-state index contributed by atoms with van der Waals surface area (Å²) < 4.78 is 4.38. The number of amides is 1. The second-order valence-corrected chi connectivity index (χ2v) is 9.04. The van der Waals surface area contributed by atoms with Crippen molar-refractivity contribution in [2.24, 2.45) is 5.92 Å². The molecule has 1 atom stereocenters. The topological polar surface area (TPSA) is 55.1 Å². The minimum atomic E-state index is 0.0768. The predicted octanol–water partition coefficient (Wildman–Crippen LogP) is 4.72. The Kier molecular flexibility index (Phi) is 6.40. The Morgan fingerprint density at radius 1 is 1.06 bits per heavy atom. The van der Waals surface area contributed by atoms with Gasteiger partial charge in [0.1, 0.15) is 5.69 Å². The maximum atomic E-state index is 12.7. The number of hydrogen-bond donors (Lipinski definition) is 1. The Morgan fingerprint density at radius 3 is 2.28 bits per heavy atom. The number of nitrogens with one attached hydrogen (secondary N) is 1. The van der Waals surface area contributed by atoms with E-state index in [1.165, 1.54) is 11.4 Å². The van der Waals surface area contributed by atoms with Crippen LogP contribution in [0.3, 0.4) is 0 Å². The summed E-state index contributed by atoms with van der Waals surface area (Å²) in [7, 11) is 0. The van der Waals surface area contributed by atoms with Crippen molar-refractivity contribution >= 4 is 11.7 Å². The van der Waals surface area contributed by atoms with Crippen molar-refractivity contribution in [1.82, 2.24) is 19.7 Å². The molecule has 3 heterocycles. The van der Waals surface area contributed by atoms with Crippen LogP contribution in [0.2, 0.25) is 0 Å². The molecule has 1 saturated heterocycles. The normalized spacial score (nSPS) is 15.7. The van der Waals surface area contributed by atoms with Crippen molar-refractivity contribution in [3.05, 3.63) is 59.5 Å². The number of nitrogens with zero attached hydrogens (tertiary/aromatic N) is 4. The van der Waals surface area contributed by atoms with Crippen molar-refractivity contribution in [2.75, 3.05) is 18.0 Å². The van der Waals surface area contributed by atoms with Crippen LogP contribution >= 0.6 is 0 Å². The summed E-state index contributed by atoms with van der Waals surface area (Å²) in [5.74, 6) is 1.38. The molecule has 3 aromatic rings. The summed E-state index contributed by atoms with van der Waals surface area (Å²) in [6.45, 7) is 12.2. The fourth-order valence-electron chi connectivity index (χ4n) is 4.64. The molecule has 1 aromatic carbocycles. The largest absolute Gasteiger partial charge is 0.355 e. The first-order valence-corrected chi connectivity index (χ1v) is 11.8. The highest BCUT2D eigenvalue weighted by molar-refractivity contribution is 5.79. The van der Waals surface area contributed by atoms with E-state index in [0.29, 0.717) is 0 Å². The number of rotatable bonds is 6. The second-order valence-electron chi connectivity index (χ2n) is 9.04. The van der Waals surface area contributed by atoms with E-state index in [9.17, 15) is 4.79 Å². The lowest BCUT2D eigenvalue weighted by molar-refractivity contribution is -0.126. The average Bonchev–Trinajstić information content (AvgIpc) is 3.32. The molecule has 32 heavy (non-hydrogen) atoms. The minimum Gasteiger partial charge on any atom is -0.355 e. The molecule has 1 aliphatic rings. The predicted molar refractivity (Wildman–Crippen MR) is 130 cm³/mol. The van der Waals surface area contributed by atoms with E-state index in [2.05, 4.69) is 78.3 Å². The second kappa shape index (κ2) is 9.23. The summed E-state index contributed by atoms with van der Waals surface area (Å²) >= 11 is 0. The molecule has 0 spiro atoms. The quantitative estimate of drug-likeness (QED) is 0.612. The molecule has 1 aliphatic heterocycles. The lowest BCUT2D eigenvalue weighted by atomic mass is 9.95. The van der Waals surface area contributed by atoms with Gasteiger partial charge in [0, 0.05) is 36.4 Å². The number of piperidine rings is 1. The van der Waals surface area contributed by atoms with Gasteiger partial charge in [-0.25, -0.2) is 4.68 Å². The summed E-state index contributed by atoms with van der Waals surface area (Å²) in [6, 6.07) is 14.9. The Hall–Kier alpha value is -3.02. The molecule has 1 fully saturated rings. The van der Waals surface area contributed by atoms with Crippen LogP contribution < -0.4 is 10.2 Å². The summed E-state index contributed by atoms with van der Waals surface area (Å²) in [5, 5.41) is 8.14. The van der Waals surface area contributed by atoms with Crippen molar-refractivity contribution in [3.8, 4) is 11.4 Å². The van der Waals surface area contributed by atoms with E-state index in [1.807, 2.05) is 18.2 Å². The maximum absolute atomic E-state index is 12.7. The zero-order chi connectivity index (χ0) is 22.8. The first kappa shape index (κ1) is 22.2. The standard InChI is InChI=1S/C26H35N5O/c1-6-18(2)27-25(32)22-14-16-29(17-15-22)26-24(30-19(3)12-13-20(30)4)21(5)28-31(26)23-10-8-7-9-11-23/h7-13,18,22H,6,14-17H2,1-5H3,(H,27,32). The summed E-state index contributed by atoms with van der Waals surface area (Å²) in [5.41, 5.74) is 5.58. The third-order valence-corrected chi connectivity index (χ3v) is 6.67. The van der Waals surface area contributed by atoms with E-state index >= 15 is 0 Å². The zero-order valence-corrected chi connectivity index (χ0v) is 19.9. The fourth-order valence-corrected chi connectivity index (χ4v) is 4.64. The van der Waals surface area contributed by atoms with Gasteiger partial charge in [0.05, 0.1) is 11.4 Å². The third-order valence-electron chi connectivity index (χ3n) is 6.67. The van der Waals surface area contributed by atoms with Crippen molar-refractivity contribution in [3.63, 3.8) is 0 Å². The molecule has 0 saturated carbocycles. The number of carbonyl (C=O) groups is 1. The molecule has 1 amide bonds. The van der Waals surface area contributed by atoms with Crippen LogP contribution in [0, 0.1) is 26.7 Å². The first-order valence-electron chi connectivity index (χ1n) is 11.8. The lowest BCUT2D eigenvalue weighted by Crippen LogP contribution is -2.43. The van der Waals surface area contributed by atoms with Gasteiger partial charge in [0.2, 0.25) is 5.91 Å². The smallest absolute Gasteiger partial charge is 0.223 e. The van der Waals surface area contributed by atoms with Gasteiger partial charge in [-0.05, 0) is 71.2 Å². The van der Waals surface area contributed by atoms with E-state index in [0.717, 1.165) is 55.2 Å². The highest BCUT2D eigenvalue weighted by Crippen LogP contribution is 2.35. The molecule has 170 valence electrons. The van der Waals surface area contributed by atoms with E-state index in [4.69, 9.17) is 5.10 Å². The average molecular weight is 434 g/mol. The van der Waals surface area contributed by atoms with E-state index in [1.54, 1.807) is 0 Å². The third kappa shape index (κ3) is 4.18. The summed E-state index contributed by atoms with van der Waals surface area (Å²) in [6.07, 6.45) is 2.66. The van der Waals surface area contributed by atoms with Gasteiger partial charge in [-0.2, -0.15) is 5.10 Å². The number of aromatic nitrogens is 3. The molecular weight excluding hydrogens is 398 g/mol. The van der Waals surface area contributed by atoms with Gasteiger partial charge in [-0.3, -0.25) is 4.79 Å². The van der Waals surface area contributed by atoms with Crippen LogP contribution in [-0.2, 0) is 4.79 Å². The fraction of sp³-hybridized carbons (Fsp3) is 0.462. The molecule has 0 radical (unpaired) electrons. The van der Waals surface area contributed by atoms with Gasteiger partial charge >= 0.3 is 0 Å². The van der Waals surface area contributed by atoms with Crippen molar-refractivity contribution in [2.45, 2.75) is 59.9 Å². The molecule has 1 unspecified atom stereocenters. The van der Waals surface area contributed by atoms with Crippen LogP contribution in [0.4, 0.5) is 5.82 Å². The number of benzene rings is 1.